The molecule has 2 aromatic rings. The van der Waals surface area contributed by atoms with Gasteiger partial charge in [0.2, 0.25) is 0 Å². The van der Waals surface area contributed by atoms with Crippen LogP contribution in [0.2, 0.25) is 0 Å². The van der Waals surface area contributed by atoms with Crippen molar-refractivity contribution < 1.29 is 9.26 Å². The van der Waals surface area contributed by atoms with Crippen molar-refractivity contribution in [3.8, 4) is 5.75 Å². The first kappa shape index (κ1) is 12.6. The molecule has 0 bridgehead atoms. The van der Waals surface area contributed by atoms with Gasteiger partial charge in [-0.3, -0.25) is 0 Å². The topological polar surface area (TPSA) is 74.2 Å². The Morgan fingerprint density at radius 1 is 1.28 bits per heavy atom. The number of aromatic nitrogens is 2. The quantitative estimate of drug-likeness (QED) is 0.896. The molecule has 5 nitrogen and oxygen atoms in total. The van der Waals surface area contributed by atoms with Crippen molar-refractivity contribution in [2.45, 2.75) is 32.9 Å². The fourth-order valence-corrected chi connectivity index (χ4v) is 1.35. The standard InChI is InChI=1S/C13H17N3O2/c1-9-4-6-10(7-5-9)17-8-11-15-12(16-18-11)13(2,3)14/h4-7H,8,14H2,1-3H3. The third-order valence-electron chi connectivity index (χ3n) is 2.43. The molecule has 0 spiro atoms. The van der Waals surface area contributed by atoms with Crippen LogP contribution in [-0.4, -0.2) is 10.1 Å². The zero-order valence-corrected chi connectivity index (χ0v) is 10.8. The van der Waals surface area contributed by atoms with E-state index in [9.17, 15) is 0 Å². The summed E-state index contributed by atoms with van der Waals surface area (Å²) in [5, 5.41) is 3.82. The van der Waals surface area contributed by atoms with Gasteiger partial charge in [-0.05, 0) is 32.9 Å². The molecule has 0 unspecified atom stereocenters. The Labute approximate surface area is 106 Å². The number of nitrogens with two attached hydrogens (primary N) is 1. The largest absolute Gasteiger partial charge is 0.484 e. The van der Waals surface area contributed by atoms with Gasteiger partial charge >= 0.3 is 0 Å². The highest BCUT2D eigenvalue weighted by molar-refractivity contribution is 5.26. The van der Waals surface area contributed by atoms with Gasteiger partial charge in [0.25, 0.3) is 5.89 Å². The maximum atomic E-state index is 5.87. The van der Waals surface area contributed by atoms with Crippen LogP contribution in [0.15, 0.2) is 28.8 Å². The van der Waals surface area contributed by atoms with Crippen molar-refractivity contribution in [3.63, 3.8) is 0 Å². The molecule has 1 aromatic carbocycles. The van der Waals surface area contributed by atoms with Crippen LogP contribution < -0.4 is 10.5 Å². The van der Waals surface area contributed by atoms with Crippen LogP contribution in [0, 0.1) is 6.92 Å². The minimum atomic E-state index is -0.606. The number of ether oxygens (including phenoxy) is 1. The summed E-state index contributed by atoms with van der Waals surface area (Å²) in [6.07, 6.45) is 0. The molecule has 0 aliphatic carbocycles. The van der Waals surface area contributed by atoms with E-state index in [0.29, 0.717) is 11.7 Å². The highest BCUT2D eigenvalue weighted by Gasteiger charge is 2.21. The molecule has 96 valence electrons. The Hall–Kier alpha value is -1.88. The van der Waals surface area contributed by atoms with Crippen LogP contribution >= 0.6 is 0 Å². The van der Waals surface area contributed by atoms with Crippen molar-refractivity contribution in [2.24, 2.45) is 5.73 Å². The molecule has 1 aromatic heterocycles. The van der Waals surface area contributed by atoms with Crippen molar-refractivity contribution >= 4 is 0 Å². The van der Waals surface area contributed by atoms with Crippen molar-refractivity contribution in [1.29, 1.82) is 0 Å². The molecule has 0 aliphatic heterocycles. The molecule has 0 fully saturated rings. The Morgan fingerprint density at radius 3 is 2.50 bits per heavy atom. The van der Waals surface area contributed by atoms with Crippen molar-refractivity contribution in [1.82, 2.24) is 10.1 Å². The van der Waals surface area contributed by atoms with E-state index in [1.807, 2.05) is 45.0 Å². The first-order valence-electron chi connectivity index (χ1n) is 5.76. The second kappa shape index (κ2) is 4.78. The number of hydrogen-bond donors (Lipinski definition) is 1. The van der Waals surface area contributed by atoms with Gasteiger partial charge in [-0.25, -0.2) is 0 Å². The molecular weight excluding hydrogens is 230 g/mol. The molecule has 0 amide bonds. The monoisotopic (exact) mass is 247 g/mol. The second-order valence-electron chi connectivity index (χ2n) is 4.84. The molecule has 0 aliphatic rings. The fraction of sp³-hybridized carbons (Fsp3) is 0.385. The summed E-state index contributed by atoms with van der Waals surface area (Å²) < 4.78 is 10.6. The predicted octanol–water partition coefficient (Wildman–Crippen LogP) is 2.15. The van der Waals surface area contributed by atoms with Crippen molar-refractivity contribution in [2.75, 3.05) is 0 Å². The molecular formula is C13H17N3O2. The van der Waals surface area contributed by atoms with Gasteiger partial charge < -0.3 is 15.0 Å². The third-order valence-corrected chi connectivity index (χ3v) is 2.43. The van der Waals surface area contributed by atoms with Crippen LogP contribution in [0.5, 0.6) is 5.75 Å². The number of hydrogen-bond acceptors (Lipinski definition) is 5. The normalized spacial score (nSPS) is 11.6. The number of benzene rings is 1. The number of rotatable bonds is 4. The molecule has 0 radical (unpaired) electrons. The lowest BCUT2D eigenvalue weighted by molar-refractivity contribution is 0.242. The lowest BCUT2D eigenvalue weighted by Crippen LogP contribution is -2.30. The summed E-state index contributed by atoms with van der Waals surface area (Å²) in [6.45, 7) is 5.91. The first-order chi connectivity index (χ1) is 8.45. The molecule has 0 saturated heterocycles. The lowest BCUT2D eigenvalue weighted by Gasteiger charge is -2.11. The maximum Gasteiger partial charge on any atom is 0.264 e. The molecule has 18 heavy (non-hydrogen) atoms. The summed E-state index contributed by atoms with van der Waals surface area (Å²) in [4.78, 5) is 4.19. The van der Waals surface area contributed by atoms with Crippen LogP contribution in [-0.2, 0) is 12.1 Å². The van der Waals surface area contributed by atoms with E-state index >= 15 is 0 Å². The molecule has 0 saturated carbocycles. The first-order valence-corrected chi connectivity index (χ1v) is 5.76. The van der Waals surface area contributed by atoms with E-state index < -0.39 is 5.54 Å². The molecule has 5 heteroatoms. The Kier molecular flexibility index (Phi) is 3.34. The van der Waals surface area contributed by atoms with Gasteiger partial charge in [-0.15, -0.1) is 0 Å². The summed E-state index contributed by atoms with van der Waals surface area (Å²) in [5.74, 6) is 1.67. The number of nitrogens with zero attached hydrogens (tertiary/aromatic N) is 2. The van der Waals surface area contributed by atoms with E-state index in [1.54, 1.807) is 0 Å². The highest BCUT2D eigenvalue weighted by Crippen LogP contribution is 2.15. The third kappa shape index (κ3) is 3.07. The smallest absolute Gasteiger partial charge is 0.264 e. The SMILES string of the molecule is Cc1ccc(OCc2nc(C(C)(C)N)no2)cc1. The van der Waals surface area contributed by atoms with E-state index in [-0.39, 0.29) is 6.61 Å². The summed E-state index contributed by atoms with van der Waals surface area (Å²) in [6, 6.07) is 7.77. The Morgan fingerprint density at radius 2 is 1.94 bits per heavy atom. The van der Waals surface area contributed by atoms with Gasteiger partial charge in [0.15, 0.2) is 12.4 Å². The van der Waals surface area contributed by atoms with Crippen LogP contribution in [0.25, 0.3) is 0 Å². The Bertz CT molecular complexity index is 512. The van der Waals surface area contributed by atoms with Gasteiger partial charge in [0.1, 0.15) is 5.75 Å². The van der Waals surface area contributed by atoms with E-state index in [1.165, 1.54) is 5.56 Å². The zero-order chi connectivity index (χ0) is 13.2. The minimum Gasteiger partial charge on any atom is -0.484 e. The van der Waals surface area contributed by atoms with E-state index in [0.717, 1.165) is 5.75 Å². The van der Waals surface area contributed by atoms with Gasteiger partial charge in [0.05, 0.1) is 5.54 Å². The van der Waals surface area contributed by atoms with Crippen molar-refractivity contribution in [3.05, 3.63) is 41.5 Å². The van der Waals surface area contributed by atoms with Gasteiger partial charge in [-0.2, -0.15) is 4.98 Å². The second-order valence-corrected chi connectivity index (χ2v) is 4.84. The summed E-state index contributed by atoms with van der Waals surface area (Å²) >= 11 is 0. The summed E-state index contributed by atoms with van der Waals surface area (Å²) in [5.41, 5.74) is 6.45. The minimum absolute atomic E-state index is 0.242. The Balaban J connectivity index is 1.98. The molecule has 1 heterocycles. The number of aryl methyl sites for hydroxylation is 1. The average molecular weight is 247 g/mol. The van der Waals surface area contributed by atoms with Crippen LogP contribution in [0.1, 0.15) is 31.1 Å². The average Bonchev–Trinajstić information content (AvgIpc) is 2.77. The van der Waals surface area contributed by atoms with Gasteiger partial charge in [-0.1, -0.05) is 22.9 Å². The molecule has 0 atom stereocenters. The molecule has 2 rings (SSSR count). The maximum absolute atomic E-state index is 5.87. The van der Waals surface area contributed by atoms with Gasteiger partial charge in [0, 0.05) is 0 Å². The van der Waals surface area contributed by atoms with E-state index in [2.05, 4.69) is 10.1 Å². The van der Waals surface area contributed by atoms with Crippen LogP contribution in [0.4, 0.5) is 0 Å². The van der Waals surface area contributed by atoms with E-state index in [4.69, 9.17) is 15.0 Å². The fourth-order valence-electron chi connectivity index (χ4n) is 1.35. The van der Waals surface area contributed by atoms with Crippen LogP contribution in [0.3, 0.4) is 0 Å². The lowest BCUT2D eigenvalue weighted by atomic mass is 10.1. The zero-order valence-electron chi connectivity index (χ0n) is 10.8. The highest BCUT2D eigenvalue weighted by atomic mass is 16.5. The molecule has 2 N–H and O–H groups in total. The predicted molar refractivity (Wildman–Crippen MR) is 67.0 cm³/mol. The summed E-state index contributed by atoms with van der Waals surface area (Å²) in [7, 11) is 0.